The van der Waals surface area contributed by atoms with Crippen molar-refractivity contribution in [2.24, 2.45) is 0 Å². The number of fused-ring (bicyclic) bond motifs is 1. The number of H-pyrrole nitrogens is 1. The van der Waals surface area contributed by atoms with Gasteiger partial charge in [-0.1, -0.05) is 36.4 Å². The molecule has 156 valence electrons. The molecule has 1 aromatic heterocycles. The van der Waals surface area contributed by atoms with Crippen LogP contribution in [0.15, 0.2) is 54.7 Å². The lowest BCUT2D eigenvalue weighted by molar-refractivity contribution is -0.152. The number of ether oxygens (including phenoxy) is 1. The fraction of sp³-hybridized carbons (Fsp3) is 0.333. The number of carbonyl (C=O) groups excluding carboxylic acids is 1. The summed E-state index contributed by atoms with van der Waals surface area (Å²) in [5, 5.41) is 10.3. The third-order valence-electron chi connectivity index (χ3n) is 5.84. The maximum absolute atomic E-state index is 13.1. The minimum absolute atomic E-state index is 0.0439. The second kappa shape index (κ2) is 7.86. The van der Waals surface area contributed by atoms with Gasteiger partial charge in [0.25, 0.3) is 5.91 Å². The lowest BCUT2D eigenvalue weighted by Crippen LogP contribution is -2.39. The second-order valence-electron chi connectivity index (χ2n) is 8.27. The highest BCUT2D eigenvalue weighted by molar-refractivity contribution is 6.06. The molecule has 1 aliphatic rings. The highest BCUT2D eigenvalue weighted by Gasteiger charge is 2.32. The summed E-state index contributed by atoms with van der Waals surface area (Å²) in [6, 6.07) is 15.4. The van der Waals surface area contributed by atoms with E-state index < -0.39 is 11.6 Å². The molecule has 1 aliphatic heterocycles. The Morgan fingerprint density at radius 3 is 2.47 bits per heavy atom. The predicted octanol–water partition coefficient (Wildman–Crippen LogP) is 4.43. The quantitative estimate of drug-likeness (QED) is 0.657. The van der Waals surface area contributed by atoms with Crippen LogP contribution in [-0.4, -0.2) is 45.6 Å². The van der Waals surface area contributed by atoms with E-state index in [0.29, 0.717) is 24.4 Å². The van der Waals surface area contributed by atoms with Crippen LogP contribution in [0.25, 0.3) is 10.9 Å². The molecule has 1 amide bonds. The first kappa shape index (κ1) is 20.0. The Kier molecular flexibility index (Phi) is 5.24. The molecule has 0 saturated carbocycles. The van der Waals surface area contributed by atoms with Crippen molar-refractivity contribution in [2.75, 3.05) is 13.1 Å². The summed E-state index contributed by atoms with van der Waals surface area (Å²) < 4.78 is 5.84. The number of likely N-dealkylation sites (tertiary alicyclic amines) is 1. The van der Waals surface area contributed by atoms with Gasteiger partial charge in [-0.3, -0.25) is 4.79 Å². The predicted molar refractivity (Wildman–Crippen MR) is 115 cm³/mol. The number of nitrogens with one attached hydrogen (secondary N) is 1. The van der Waals surface area contributed by atoms with Gasteiger partial charge in [-0.15, -0.1) is 0 Å². The minimum Gasteiger partial charge on any atom is -0.478 e. The molecule has 0 spiro atoms. The van der Waals surface area contributed by atoms with Crippen LogP contribution < -0.4 is 4.74 Å². The first-order chi connectivity index (χ1) is 14.4. The van der Waals surface area contributed by atoms with Crippen LogP contribution in [-0.2, 0) is 4.79 Å². The van der Waals surface area contributed by atoms with E-state index in [2.05, 4.69) is 4.98 Å². The van der Waals surface area contributed by atoms with Gasteiger partial charge in [0.2, 0.25) is 0 Å². The van der Waals surface area contributed by atoms with E-state index in [-0.39, 0.29) is 11.8 Å². The summed E-state index contributed by atoms with van der Waals surface area (Å²) >= 11 is 0. The average molecular weight is 406 g/mol. The van der Waals surface area contributed by atoms with Crippen LogP contribution in [0.1, 0.15) is 48.5 Å². The molecule has 0 radical (unpaired) electrons. The number of rotatable bonds is 5. The normalized spacial score (nSPS) is 15.3. The molecule has 30 heavy (non-hydrogen) atoms. The molecule has 6 heteroatoms. The maximum Gasteiger partial charge on any atom is 0.347 e. The van der Waals surface area contributed by atoms with Gasteiger partial charge in [-0.05, 0) is 50.3 Å². The molecular formula is C24H26N2O4. The van der Waals surface area contributed by atoms with Gasteiger partial charge in [0.15, 0.2) is 5.60 Å². The lowest BCUT2D eigenvalue weighted by atomic mass is 9.88. The number of benzene rings is 2. The van der Waals surface area contributed by atoms with Gasteiger partial charge < -0.3 is 19.7 Å². The Morgan fingerprint density at radius 2 is 1.73 bits per heavy atom. The summed E-state index contributed by atoms with van der Waals surface area (Å²) in [4.78, 5) is 29.6. The van der Waals surface area contributed by atoms with Crippen molar-refractivity contribution < 1.29 is 19.4 Å². The molecule has 3 aromatic rings. The highest BCUT2D eigenvalue weighted by atomic mass is 16.5. The van der Waals surface area contributed by atoms with Crippen molar-refractivity contribution in [3.8, 4) is 5.75 Å². The van der Waals surface area contributed by atoms with Crippen LogP contribution >= 0.6 is 0 Å². The van der Waals surface area contributed by atoms with E-state index in [1.165, 1.54) is 0 Å². The zero-order valence-electron chi connectivity index (χ0n) is 17.2. The number of piperidine rings is 1. The summed E-state index contributed by atoms with van der Waals surface area (Å²) in [5.74, 6) is -0.136. The van der Waals surface area contributed by atoms with Gasteiger partial charge >= 0.3 is 5.97 Å². The molecule has 4 rings (SSSR count). The number of para-hydroxylation sites is 2. The number of amides is 1. The molecule has 2 heterocycles. The Morgan fingerprint density at radius 1 is 1.07 bits per heavy atom. The Balaban J connectivity index is 1.48. The second-order valence-corrected chi connectivity index (χ2v) is 8.27. The summed E-state index contributed by atoms with van der Waals surface area (Å²) in [6.07, 6.45) is 3.40. The molecule has 6 nitrogen and oxygen atoms in total. The fourth-order valence-corrected chi connectivity index (χ4v) is 4.04. The molecule has 1 saturated heterocycles. The third-order valence-corrected chi connectivity index (χ3v) is 5.84. The van der Waals surface area contributed by atoms with Crippen molar-refractivity contribution in [1.82, 2.24) is 9.88 Å². The van der Waals surface area contributed by atoms with E-state index in [0.717, 1.165) is 29.3 Å². The molecule has 2 N–H and O–H groups in total. The monoisotopic (exact) mass is 406 g/mol. The van der Waals surface area contributed by atoms with E-state index >= 15 is 0 Å². The van der Waals surface area contributed by atoms with Gasteiger partial charge in [-0.2, -0.15) is 0 Å². The number of carboxylic acid groups (broad SMARTS) is 1. The van der Waals surface area contributed by atoms with Crippen LogP contribution in [0.4, 0.5) is 0 Å². The van der Waals surface area contributed by atoms with Crippen molar-refractivity contribution in [2.45, 2.75) is 38.2 Å². The standard InChI is InChI=1S/C24H26N2O4/c1-24(2,23(28)29)30-21-10-6-4-7-17(21)16-11-13-26(14-12-16)22(27)19-15-25-20-9-5-3-8-18(19)20/h3-10,15-16,25H,11-14H2,1-2H3,(H,28,29). The van der Waals surface area contributed by atoms with Crippen molar-refractivity contribution in [3.63, 3.8) is 0 Å². The number of aliphatic carboxylic acids is 1. The topological polar surface area (TPSA) is 82.6 Å². The molecule has 1 fully saturated rings. The number of hydrogen-bond donors (Lipinski definition) is 2. The van der Waals surface area contributed by atoms with Gasteiger partial charge in [0.05, 0.1) is 5.56 Å². The number of carbonyl (C=O) groups is 2. The van der Waals surface area contributed by atoms with Gasteiger partial charge in [0.1, 0.15) is 5.75 Å². The molecule has 0 bridgehead atoms. The van der Waals surface area contributed by atoms with E-state index in [9.17, 15) is 14.7 Å². The first-order valence-corrected chi connectivity index (χ1v) is 10.2. The Hall–Kier alpha value is -3.28. The Labute approximate surface area is 175 Å². The number of nitrogens with zero attached hydrogens (tertiary/aromatic N) is 1. The zero-order valence-corrected chi connectivity index (χ0v) is 17.2. The molecule has 0 aliphatic carbocycles. The summed E-state index contributed by atoms with van der Waals surface area (Å²) in [7, 11) is 0. The van der Waals surface area contributed by atoms with E-state index in [4.69, 9.17) is 4.74 Å². The van der Waals surface area contributed by atoms with Crippen LogP contribution in [0.3, 0.4) is 0 Å². The number of aromatic amines is 1. The number of aromatic nitrogens is 1. The molecule has 0 unspecified atom stereocenters. The maximum atomic E-state index is 13.1. The van der Waals surface area contributed by atoms with Crippen molar-refractivity contribution in [1.29, 1.82) is 0 Å². The fourth-order valence-electron chi connectivity index (χ4n) is 4.04. The van der Waals surface area contributed by atoms with E-state index in [1.54, 1.807) is 20.0 Å². The SMILES string of the molecule is CC(C)(Oc1ccccc1C1CCN(C(=O)c2c[nH]c3ccccc23)CC1)C(=O)O. The van der Waals surface area contributed by atoms with Crippen LogP contribution in [0.2, 0.25) is 0 Å². The average Bonchev–Trinajstić information content (AvgIpc) is 3.17. The number of hydrogen-bond acceptors (Lipinski definition) is 3. The largest absolute Gasteiger partial charge is 0.478 e. The van der Waals surface area contributed by atoms with Crippen LogP contribution in [0.5, 0.6) is 5.75 Å². The molecule has 2 aromatic carbocycles. The number of carboxylic acids is 1. The minimum atomic E-state index is -1.30. The lowest BCUT2D eigenvalue weighted by Gasteiger charge is -2.33. The van der Waals surface area contributed by atoms with Crippen molar-refractivity contribution >= 4 is 22.8 Å². The zero-order chi connectivity index (χ0) is 21.3. The summed E-state index contributed by atoms with van der Waals surface area (Å²) in [6.45, 7) is 4.41. The summed E-state index contributed by atoms with van der Waals surface area (Å²) in [5.41, 5.74) is 1.37. The van der Waals surface area contributed by atoms with Crippen molar-refractivity contribution in [3.05, 3.63) is 65.9 Å². The molecule has 0 atom stereocenters. The van der Waals surface area contributed by atoms with Crippen LogP contribution in [0, 0.1) is 0 Å². The van der Waals surface area contributed by atoms with Gasteiger partial charge in [0, 0.05) is 30.2 Å². The third kappa shape index (κ3) is 3.77. The van der Waals surface area contributed by atoms with Gasteiger partial charge in [-0.25, -0.2) is 4.79 Å². The van der Waals surface area contributed by atoms with E-state index in [1.807, 2.05) is 53.4 Å². The Bertz CT molecular complexity index is 1080. The first-order valence-electron chi connectivity index (χ1n) is 10.2. The molecular weight excluding hydrogens is 380 g/mol. The smallest absolute Gasteiger partial charge is 0.347 e. The highest BCUT2D eigenvalue weighted by Crippen LogP contribution is 2.36.